The van der Waals surface area contributed by atoms with Crippen LogP contribution in [0.4, 0.5) is 4.79 Å². The predicted octanol–water partition coefficient (Wildman–Crippen LogP) is 6.57. The van der Waals surface area contributed by atoms with Crippen LogP contribution in [0.3, 0.4) is 0 Å². The van der Waals surface area contributed by atoms with E-state index in [0.717, 1.165) is 25.2 Å². The number of fused-ring (bicyclic) bond motifs is 4. The molecule has 6 rings (SSSR count). The van der Waals surface area contributed by atoms with Crippen LogP contribution in [0.5, 0.6) is 0 Å². The molecular formula is C32H53NO4. The van der Waals surface area contributed by atoms with Gasteiger partial charge in [0, 0.05) is 7.05 Å². The maximum atomic E-state index is 12.2. The van der Waals surface area contributed by atoms with Crippen molar-refractivity contribution < 1.29 is 19.4 Å². The van der Waals surface area contributed by atoms with E-state index in [-0.39, 0.29) is 47.3 Å². The van der Waals surface area contributed by atoms with Crippen molar-refractivity contribution in [3.8, 4) is 0 Å². The van der Waals surface area contributed by atoms with Crippen molar-refractivity contribution in [1.82, 2.24) is 5.32 Å². The van der Waals surface area contributed by atoms with E-state index in [1.165, 1.54) is 38.5 Å². The molecule has 2 N–H and O–H groups in total. The number of carbonyl (C=O) groups is 1. The van der Waals surface area contributed by atoms with Crippen molar-refractivity contribution >= 4 is 6.09 Å². The van der Waals surface area contributed by atoms with Crippen LogP contribution in [0, 0.1) is 56.7 Å². The first kappa shape index (κ1) is 26.4. The Morgan fingerprint density at radius 1 is 1.00 bits per heavy atom. The number of amides is 1. The molecule has 12 atom stereocenters. The summed E-state index contributed by atoms with van der Waals surface area (Å²) in [5.74, 6) is 2.80. The molecule has 5 nitrogen and oxygen atoms in total. The first-order valence-corrected chi connectivity index (χ1v) is 15.5. The molecule has 1 amide bonds. The van der Waals surface area contributed by atoms with Gasteiger partial charge < -0.3 is 19.9 Å². The lowest BCUT2D eigenvalue weighted by atomic mass is 9.41. The van der Waals surface area contributed by atoms with E-state index in [9.17, 15) is 9.90 Å². The Hall–Kier alpha value is -0.810. The molecule has 1 aliphatic heterocycles. The minimum absolute atomic E-state index is 0.0292. The van der Waals surface area contributed by atoms with Crippen molar-refractivity contribution in [1.29, 1.82) is 0 Å². The number of rotatable bonds is 3. The van der Waals surface area contributed by atoms with Gasteiger partial charge in [0.15, 0.2) is 0 Å². The number of nitrogens with one attached hydrogen (secondary N) is 1. The highest BCUT2D eigenvalue weighted by Gasteiger charge is 2.83. The Morgan fingerprint density at radius 2 is 1.68 bits per heavy atom. The molecule has 6 aliphatic rings. The third kappa shape index (κ3) is 3.19. The van der Waals surface area contributed by atoms with Crippen LogP contribution in [0.1, 0.15) is 106 Å². The summed E-state index contributed by atoms with van der Waals surface area (Å²) in [7, 11) is 1.63. The van der Waals surface area contributed by atoms with Crippen LogP contribution < -0.4 is 5.32 Å². The van der Waals surface area contributed by atoms with Gasteiger partial charge in [0.25, 0.3) is 0 Å². The molecule has 2 spiro atoms. The molecule has 0 bridgehead atoms. The van der Waals surface area contributed by atoms with Crippen molar-refractivity contribution in [2.45, 2.75) is 131 Å². The van der Waals surface area contributed by atoms with Gasteiger partial charge in [0.1, 0.15) is 6.10 Å². The zero-order chi connectivity index (χ0) is 26.8. The van der Waals surface area contributed by atoms with Crippen molar-refractivity contribution in [2.24, 2.45) is 56.7 Å². The summed E-state index contributed by atoms with van der Waals surface area (Å²) in [6, 6.07) is 0. The topological polar surface area (TPSA) is 67.8 Å². The summed E-state index contributed by atoms with van der Waals surface area (Å²) < 4.78 is 12.9. The number of aliphatic hydroxyl groups excluding tert-OH is 1. The van der Waals surface area contributed by atoms with Gasteiger partial charge in [-0.3, -0.25) is 0 Å². The van der Waals surface area contributed by atoms with E-state index >= 15 is 0 Å². The van der Waals surface area contributed by atoms with E-state index in [1.54, 1.807) is 7.05 Å². The largest absolute Gasteiger partial charge is 0.443 e. The molecule has 5 aliphatic carbocycles. The van der Waals surface area contributed by atoms with Gasteiger partial charge in [-0.1, -0.05) is 48.5 Å². The molecule has 0 aromatic rings. The molecule has 6 fully saturated rings. The molecule has 0 aromatic heterocycles. The summed E-state index contributed by atoms with van der Waals surface area (Å²) in [6.45, 7) is 16.7. The SMILES string of the molecule is CNC(=O)O[C@H](C(C)C)C1C[C@@H](C)C2C(C[C@@]3(C)C4CCC5C(C)(C)[C@@H](O)CCC56CC46CC[C@]23C)O1. The van der Waals surface area contributed by atoms with E-state index < -0.39 is 0 Å². The second-order valence-electron chi connectivity index (χ2n) is 15.9. The summed E-state index contributed by atoms with van der Waals surface area (Å²) in [5, 5.41) is 13.6. The minimum atomic E-state index is -0.352. The van der Waals surface area contributed by atoms with E-state index in [4.69, 9.17) is 9.47 Å². The average Bonchev–Trinajstić information content (AvgIpc) is 3.43. The number of hydrogen-bond donors (Lipinski definition) is 2. The van der Waals surface area contributed by atoms with Crippen molar-refractivity contribution in [2.75, 3.05) is 7.05 Å². The zero-order valence-electron chi connectivity index (χ0n) is 24.7. The molecule has 0 radical (unpaired) electrons. The number of alkyl carbamates (subject to hydrolysis) is 1. The Kier molecular flexibility index (Phi) is 5.79. The Morgan fingerprint density at radius 3 is 2.35 bits per heavy atom. The molecule has 37 heavy (non-hydrogen) atoms. The standard InChI is InChI=1S/C32H53NO4/c1-18(2)26(37-27(35)33-8)20-15-19(3)25-21(36-20)16-30(7)23-10-9-22-28(4,5)24(34)11-12-31(22)17-32(23,31)14-13-29(25,30)6/h18-26,34H,9-17H2,1-8H3,(H,33,35)/t19-,20?,21?,22?,23?,24+,25?,26-,29-,30+,31?,32?/m1/s1. The monoisotopic (exact) mass is 515 g/mol. The number of aliphatic hydroxyl groups is 1. The van der Waals surface area contributed by atoms with E-state index in [0.29, 0.717) is 34.0 Å². The number of hydrogen-bond acceptors (Lipinski definition) is 4. The Labute approximate surface area is 225 Å². The fraction of sp³-hybridized carbons (Fsp3) is 0.969. The normalized spacial score (nSPS) is 54.2. The van der Waals surface area contributed by atoms with E-state index in [2.05, 4.69) is 53.8 Å². The highest BCUT2D eigenvalue weighted by atomic mass is 16.6. The van der Waals surface area contributed by atoms with Crippen LogP contribution in [-0.2, 0) is 9.47 Å². The lowest BCUT2D eigenvalue weighted by Gasteiger charge is -2.63. The van der Waals surface area contributed by atoms with Crippen LogP contribution in [0.25, 0.3) is 0 Å². The van der Waals surface area contributed by atoms with Gasteiger partial charge in [-0.15, -0.1) is 0 Å². The minimum Gasteiger partial charge on any atom is -0.443 e. The highest BCUT2D eigenvalue weighted by molar-refractivity contribution is 5.66. The molecule has 5 heteroatoms. The Balaban J connectivity index is 1.29. The fourth-order valence-corrected chi connectivity index (χ4v) is 12.4. The molecular weight excluding hydrogens is 462 g/mol. The van der Waals surface area contributed by atoms with Gasteiger partial charge in [-0.25, -0.2) is 4.79 Å². The van der Waals surface area contributed by atoms with Crippen LogP contribution in [0.15, 0.2) is 0 Å². The van der Waals surface area contributed by atoms with Crippen molar-refractivity contribution in [3.63, 3.8) is 0 Å². The summed E-state index contributed by atoms with van der Waals surface area (Å²) in [5.41, 5.74) is 1.58. The summed E-state index contributed by atoms with van der Waals surface area (Å²) >= 11 is 0. The second kappa shape index (κ2) is 8.12. The number of ether oxygens (including phenoxy) is 2. The molecule has 0 aromatic carbocycles. The second-order valence-corrected chi connectivity index (χ2v) is 15.9. The quantitative estimate of drug-likeness (QED) is 0.446. The summed E-state index contributed by atoms with van der Waals surface area (Å²) in [4.78, 5) is 12.2. The summed E-state index contributed by atoms with van der Waals surface area (Å²) in [6.07, 6.45) is 10.6. The molecule has 5 saturated carbocycles. The lowest BCUT2D eigenvalue weighted by Crippen LogP contribution is -2.58. The molecule has 1 heterocycles. The lowest BCUT2D eigenvalue weighted by molar-refractivity contribution is -0.175. The van der Waals surface area contributed by atoms with Gasteiger partial charge in [-0.2, -0.15) is 0 Å². The smallest absolute Gasteiger partial charge is 0.407 e. The van der Waals surface area contributed by atoms with Crippen LogP contribution in [-0.4, -0.2) is 42.7 Å². The highest BCUT2D eigenvalue weighted by Crippen LogP contribution is 2.89. The van der Waals surface area contributed by atoms with Gasteiger partial charge in [0.05, 0.1) is 18.3 Å². The van der Waals surface area contributed by atoms with Crippen LogP contribution >= 0.6 is 0 Å². The third-order valence-corrected chi connectivity index (χ3v) is 14.2. The number of carbonyl (C=O) groups excluding carboxylic acids is 1. The zero-order valence-corrected chi connectivity index (χ0v) is 24.7. The van der Waals surface area contributed by atoms with Crippen LogP contribution in [0.2, 0.25) is 0 Å². The van der Waals surface area contributed by atoms with Crippen molar-refractivity contribution in [3.05, 3.63) is 0 Å². The Bertz CT molecular complexity index is 949. The first-order chi connectivity index (χ1) is 17.3. The van der Waals surface area contributed by atoms with Gasteiger partial charge >= 0.3 is 6.09 Å². The molecule has 7 unspecified atom stereocenters. The molecule has 1 saturated heterocycles. The van der Waals surface area contributed by atoms with E-state index in [1.807, 2.05) is 0 Å². The maximum absolute atomic E-state index is 12.2. The fourth-order valence-electron chi connectivity index (χ4n) is 12.4. The van der Waals surface area contributed by atoms with Gasteiger partial charge in [0.2, 0.25) is 0 Å². The molecule has 210 valence electrons. The third-order valence-electron chi connectivity index (χ3n) is 14.2. The average molecular weight is 516 g/mol. The maximum Gasteiger partial charge on any atom is 0.407 e. The van der Waals surface area contributed by atoms with Gasteiger partial charge in [-0.05, 0) is 114 Å². The first-order valence-electron chi connectivity index (χ1n) is 15.5. The predicted molar refractivity (Wildman–Crippen MR) is 145 cm³/mol.